The zero-order valence-electron chi connectivity index (χ0n) is 19.5. The highest BCUT2D eigenvalue weighted by atomic mass is 16.5. The summed E-state index contributed by atoms with van der Waals surface area (Å²) in [6.07, 6.45) is 2.81. The number of carbonyl (C=O) groups excluding carboxylic acids is 1. The van der Waals surface area contributed by atoms with Crippen molar-refractivity contribution in [1.82, 2.24) is 15.6 Å². The zero-order chi connectivity index (χ0) is 23.2. The standard InChI is InChI=1S/C24H35N5O3/c1-5-25-24(27-15-13-23(30)29-22-11-8-18(4)17-28-22)26-14-12-19-9-10-20(31-6-2)21(16-19)32-7-3/h8-11,16-17H,5-7,12-15H2,1-4H3,(H2,25,26,27)(H,28,29,30). The molecule has 0 saturated heterocycles. The summed E-state index contributed by atoms with van der Waals surface area (Å²) in [6, 6.07) is 9.71. The summed E-state index contributed by atoms with van der Waals surface area (Å²) in [5.41, 5.74) is 2.19. The number of pyridine rings is 1. The fraction of sp³-hybridized carbons (Fsp3) is 0.458. The maximum absolute atomic E-state index is 12.1. The van der Waals surface area contributed by atoms with Crippen LogP contribution in [0, 0.1) is 6.92 Å². The van der Waals surface area contributed by atoms with Gasteiger partial charge in [0.15, 0.2) is 17.5 Å². The van der Waals surface area contributed by atoms with E-state index in [4.69, 9.17) is 9.47 Å². The largest absolute Gasteiger partial charge is 0.490 e. The number of anilines is 1. The molecule has 3 N–H and O–H groups in total. The van der Waals surface area contributed by atoms with E-state index < -0.39 is 0 Å². The molecule has 0 fully saturated rings. The number of rotatable bonds is 12. The van der Waals surface area contributed by atoms with Gasteiger partial charge in [0.25, 0.3) is 0 Å². The van der Waals surface area contributed by atoms with E-state index in [1.807, 2.05) is 52.0 Å². The number of hydrogen-bond acceptors (Lipinski definition) is 5. The van der Waals surface area contributed by atoms with Crippen LogP contribution in [0.4, 0.5) is 5.82 Å². The molecule has 0 spiro atoms. The van der Waals surface area contributed by atoms with Crippen LogP contribution in [0.15, 0.2) is 41.5 Å². The van der Waals surface area contributed by atoms with Crippen molar-refractivity contribution in [3.8, 4) is 11.5 Å². The monoisotopic (exact) mass is 441 g/mol. The molecule has 0 unspecified atom stereocenters. The first kappa shape index (κ1) is 25.0. The number of benzene rings is 1. The molecule has 0 aliphatic rings. The Morgan fingerprint density at radius 3 is 2.50 bits per heavy atom. The van der Waals surface area contributed by atoms with Crippen LogP contribution in [0.25, 0.3) is 0 Å². The highest BCUT2D eigenvalue weighted by molar-refractivity contribution is 5.90. The maximum atomic E-state index is 12.1. The van der Waals surface area contributed by atoms with Gasteiger partial charge < -0.3 is 25.4 Å². The fourth-order valence-corrected chi connectivity index (χ4v) is 2.93. The van der Waals surface area contributed by atoms with Crippen molar-refractivity contribution >= 4 is 17.7 Å². The second kappa shape index (κ2) is 13.9. The van der Waals surface area contributed by atoms with E-state index in [0.29, 0.717) is 38.1 Å². The Hall–Kier alpha value is -3.29. The first-order valence-electron chi connectivity index (χ1n) is 11.2. The van der Waals surface area contributed by atoms with Crippen LogP contribution in [0.1, 0.15) is 38.3 Å². The van der Waals surface area contributed by atoms with Gasteiger partial charge in [0, 0.05) is 25.7 Å². The minimum absolute atomic E-state index is 0.112. The number of amides is 1. The van der Waals surface area contributed by atoms with Gasteiger partial charge >= 0.3 is 0 Å². The van der Waals surface area contributed by atoms with Gasteiger partial charge in [-0.2, -0.15) is 0 Å². The van der Waals surface area contributed by atoms with Crippen molar-refractivity contribution in [1.29, 1.82) is 0 Å². The van der Waals surface area contributed by atoms with Gasteiger partial charge in [-0.05, 0) is 63.4 Å². The average molecular weight is 442 g/mol. The van der Waals surface area contributed by atoms with Crippen LogP contribution in [-0.4, -0.2) is 49.7 Å². The summed E-state index contributed by atoms with van der Waals surface area (Å²) in [5, 5.41) is 9.31. The molecule has 0 radical (unpaired) electrons. The van der Waals surface area contributed by atoms with Gasteiger partial charge in [-0.25, -0.2) is 4.98 Å². The Kier molecular flexibility index (Phi) is 10.8. The van der Waals surface area contributed by atoms with Gasteiger partial charge in [-0.1, -0.05) is 12.1 Å². The second-order valence-corrected chi connectivity index (χ2v) is 7.10. The Morgan fingerprint density at radius 2 is 1.81 bits per heavy atom. The van der Waals surface area contributed by atoms with Crippen molar-refractivity contribution in [2.24, 2.45) is 4.99 Å². The second-order valence-electron chi connectivity index (χ2n) is 7.10. The van der Waals surface area contributed by atoms with Crippen molar-refractivity contribution in [3.63, 3.8) is 0 Å². The molecule has 174 valence electrons. The van der Waals surface area contributed by atoms with Crippen LogP contribution < -0.4 is 25.4 Å². The predicted octanol–water partition coefficient (Wildman–Crippen LogP) is 3.31. The molecule has 1 amide bonds. The predicted molar refractivity (Wildman–Crippen MR) is 129 cm³/mol. The Morgan fingerprint density at radius 1 is 1.03 bits per heavy atom. The van der Waals surface area contributed by atoms with Crippen molar-refractivity contribution < 1.29 is 14.3 Å². The van der Waals surface area contributed by atoms with Crippen molar-refractivity contribution in [3.05, 3.63) is 47.7 Å². The number of aromatic nitrogens is 1. The van der Waals surface area contributed by atoms with Gasteiger partial charge in [0.05, 0.1) is 19.8 Å². The summed E-state index contributed by atoms with van der Waals surface area (Å²) >= 11 is 0. The third-order valence-electron chi connectivity index (χ3n) is 4.45. The van der Waals surface area contributed by atoms with Crippen LogP contribution in [0.2, 0.25) is 0 Å². The van der Waals surface area contributed by atoms with Gasteiger partial charge in [0.1, 0.15) is 5.82 Å². The third-order valence-corrected chi connectivity index (χ3v) is 4.45. The number of nitrogens with one attached hydrogen (secondary N) is 3. The first-order chi connectivity index (χ1) is 15.5. The lowest BCUT2D eigenvalue weighted by Gasteiger charge is -2.14. The summed E-state index contributed by atoms with van der Waals surface area (Å²) in [6.45, 7) is 10.9. The van der Waals surface area contributed by atoms with Gasteiger partial charge in [0.2, 0.25) is 5.91 Å². The smallest absolute Gasteiger partial charge is 0.227 e. The lowest BCUT2D eigenvalue weighted by atomic mass is 10.1. The van der Waals surface area contributed by atoms with Crippen molar-refractivity contribution in [2.75, 3.05) is 38.2 Å². The van der Waals surface area contributed by atoms with Gasteiger partial charge in [-0.3, -0.25) is 9.79 Å². The Labute approximate surface area is 190 Å². The number of nitrogens with zero attached hydrogens (tertiary/aromatic N) is 2. The molecular weight excluding hydrogens is 406 g/mol. The van der Waals surface area contributed by atoms with Crippen LogP contribution in [0.5, 0.6) is 11.5 Å². The van der Waals surface area contributed by atoms with Crippen LogP contribution in [0.3, 0.4) is 0 Å². The molecule has 1 aromatic heterocycles. The highest BCUT2D eigenvalue weighted by Crippen LogP contribution is 2.28. The molecule has 1 aromatic carbocycles. The summed E-state index contributed by atoms with van der Waals surface area (Å²) < 4.78 is 11.3. The number of guanidine groups is 1. The highest BCUT2D eigenvalue weighted by Gasteiger charge is 2.07. The number of ether oxygens (including phenoxy) is 2. The third kappa shape index (κ3) is 8.83. The van der Waals surface area contributed by atoms with E-state index in [9.17, 15) is 4.79 Å². The van der Waals surface area contributed by atoms with E-state index in [1.165, 1.54) is 0 Å². The Balaban J connectivity index is 1.83. The molecule has 0 aliphatic heterocycles. The minimum Gasteiger partial charge on any atom is -0.490 e. The molecule has 2 rings (SSSR count). The quantitative estimate of drug-likeness (QED) is 0.345. The molecule has 8 nitrogen and oxygen atoms in total. The molecule has 0 atom stereocenters. The number of aliphatic imine (C=N–C) groups is 1. The van der Waals surface area contributed by atoms with E-state index in [1.54, 1.807) is 12.3 Å². The van der Waals surface area contributed by atoms with E-state index in [0.717, 1.165) is 35.6 Å². The molecule has 0 saturated carbocycles. The molecule has 2 aromatic rings. The van der Waals surface area contributed by atoms with E-state index in [2.05, 4.69) is 25.9 Å². The maximum Gasteiger partial charge on any atom is 0.227 e. The van der Waals surface area contributed by atoms with E-state index >= 15 is 0 Å². The van der Waals surface area contributed by atoms with Crippen LogP contribution in [-0.2, 0) is 11.2 Å². The minimum atomic E-state index is -0.112. The summed E-state index contributed by atoms with van der Waals surface area (Å²) in [5.74, 6) is 2.65. The fourth-order valence-electron chi connectivity index (χ4n) is 2.93. The molecule has 1 heterocycles. The van der Waals surface area contributed by atoms with Gasteiger partial charge in [-0.15, -0.1) is 0 Å². The lowest BCUT2D eigenvalue weighted by Crippen LogP contribution is -2.38. The molecule has 8 heteroatoms. The molecule has 0 aliphatic carbocycles. The van der Waals surface area contributed by atoms with Crippen molar-refractivity contribution in [2.45, 2.75) is 40.5 Å². The SMILES string of the molecule is CCNC(=NCCC(=O)Nc1ccc(C)cn1)NCCc1ccc(OCC)c(OCC)c1. The topological polar surface area (TPSA) is 96.9 Å². The Bertz CT molecular complexity index is 868. The molecule has 32 heavy (non-hydrogen) atoms. The number of hydrogen-bond donors (Lipinski definition) is 3. The average Bonchev–Trinajstić information content (AvgIpc) is 2.77. The number of carbonyl (C=O) groups is 1. The lowest BCUT2D eigenvalue weighted by molar-refractivity contribution is -0.116. The van der Waals surface area contributed by atoms with E-state index in [-0.39, 0.29) is 12.3 Å². The first-order valence-corrected chi connectivity index (χ1v) is 11.2. The zero-order valence-corrected chi connectivity index (χ0v) is 19.5. The molecular formula is C24H35N5O3. The normalized spacial score (nSPS) is 11.1. The summed E-state index contributed by atoms with van der Waals surface area (Å²) in [7, 11) is 0. The number of aryl methyl sites for hydroxylation is 1. The summed E-state index contributed by atoms with van der Waals surface area (Å²) in [4.78, 5) is 20.8. The van der Waals surface area contributed by atoms with Crippen LogP contribution >= 0.6 is 0 Å². The molecule has 0 bridgehead atoms.